The summed E-state index contributed by atoms with van der Waals surface area (Å²) in [5.74, 6) is -5.05. The molecule has 0 N–H and O–H groups in total. The number of hydrogen-bond acceptors (Lipinski definition) is 0. The molecule has 0 spiro atoms. The lowest BCUT2D eigenvalue weighted by atomic mass is 9.97. The predicted octanol–water partition coefficient (Wildman–Crippen LogP) is 4.10. The van der Waals surface area contributed by atoms with Crippen molar-refractivity contribution in [3.63, 3.8) is 0 Å². The summed E-state index contributed by atoms with van der Waals surface area (Å²) in [6.45, 7) is 3.12. The molecule has 4 heteroatoms. The van der Waals surface area contributed by atoms with Gasteiger partial charge in [0.1, 0.15) is 0 Å². The molecule has 80 valence electrons. The van der Waals surface area contributed by atoms with Crippen molar-refractivity contribution in [1.82, 2.24) is 0 Å². The summed E-state index contributed by atoms with van der Waals surface area (Å²) in [6.07, 6.45) is -1.04. The van der Waals surface area contributed by atoms with Gasteiger partial charge in [-0.15, -0.1) is 0 Å². The smallest absolute Gasteiger partial charge is 0.204 e. The molecule has 0 aliphatic rings. The lowest BCUT2D eigenvalue weighted by Gasteiger charge is -2.22. The van der Waals surface area contributed by atoms with Gasteiger partial charge in [-0.25, -0.2) is 8.78 Å². The molecule has 0 rings (SSSR count). The Hall–Kier alpha value is -0.280. The average Bonchev–Trinajstić information content (AvgIpc) is 2.04. The Morgan fingerprint density at radius 1 is 1.15 bits per heavy atom. The van der Waals surface area contributed by atoms with Gasteiger partial charge in [-0.3, -0.25) is 0 Å². The lowest BCUT2D eigenvalue weighted by Crippen LogP contribution is -2.34. The second kappa shape index (κ2) is 5.45. The molecular weight excluding hydrogens is 184 g/mol. The molecule has 0 heterocycles. The highest BCUT2D eigenvalue weighted by atomic mass is 19.3. The molecule has 0 radical (unpaired) electrons. The zero-order chi connectivity index (χ0) is 10.5. The van der Waals surface area contributed by atoms with E-state index in [1.807, 2.05) is 6.92 Å². The third-order valence-corrected chi connectivity index (χ3v) is 2.19. The van der Waals surface area contributed by atoms with Crippen LogP contribution in [-0.4, -0.2) is 12.3 Å². The molecule has 0 fully saturated rings. The van der Waals surface area contributed by atoms with Gasteiger partial charge in [-0.05, 0) is 6.42 Å². The summed E-state index contributed by atoms with van der Waals surface area (Å²) >= 11 is 0. The largest absolute Gasteiger partial charge is 0.309 e. The molecule has 0 saturated carbocycles. The molecular formula is C9H16F4. The summed E-state index contributed by atoms with van der Waals surface area (Å²) in [5, 5.41) is 0. The number of rotatable bonds is 6. The standard InChI is InChI=1S/C9H16F4/c1-3-4-5-6-7(2)9(12,13)8(10)11/h7-8H,3-6H2,1-2H3. The molecule has 0 aliphatic carbocycles. The molecule has 0 aromatic rings. The Labute approximate surface area is 76.3 Å². The van der Waals surface area contributed by atoms with Gasteiger partial charge in [-0.2, -0.15) is 8.78 Å². The molecule has 0 saturated heterocycles. The van der Waals surface area contributed by atoms with Crippen molar-refractivity contribution in [2.75, 3.05) is 0 Å². The SMILES string of the molecule is CCCCCC(C)C(F)(F)C(F)F. The van der Waals surface area contributed by atoms with E-state index in [-0.39, 0.29) is 6.42 Å². The molecule has 13 heavy (non-hydrogen) atoms. The summed E-state index contributed by atoms with van der Waals surface area (Å²) in [7, 11) is 0. The minimum Gasteiger partial charge on any atom is -0.204 e. The summed E-state index contributed by atoms with van der Waals surface area (Å²) in [5.41, 5.74) is 0. The first-order valence-electron chi connectivity index (χ1n) is 4.58. The molecule has 0 amide bonds. The van der Waals surface area contributed by atoms with Crippen LogP contribution in [-0.2, 0) is 0 Å². The predicted molar refractivity (Wildman–Crippen MR) is 44.3 cm³/mol. The van der Waals surface area contributed by atoms with Crippen LogP contribution in [0.25, 0.3) is 0 Å². The average molecular weight is 200 g/mol. The minimum atomic E-state index is -3.83. The van der Waals surface area contributed by atoms with E-state index in [2.05, 4.69) is 0 Å². The lowest BCUT2D eigenvalue weighted by molar-refractivity contribution is -0.162. The minimum absolute atomic E-state index is 0.172. The van der Waals surface area contributed by atoms with Gasteiger partial charge in [-0.1, -0.05) is 33.1 Å². The van der Waals surface area contributed by atoms with E-state index in [1.54, 1.807) is 0 Å². The van der Waals surface area contributed by atoms with E-state index in [9.17, 15) is 17.6 Å². The van der Waals surface area contributed by atoms with E-state index in [1.165, 1.54) is 6.92 Å². The highest BCUT2D eigenvalue weighted by Crippen LogP contribution is 2.34. The van der Waals surface area contributed by atoms with Crippen LogP contribution in [0.1, 0.15) is 39.5 Å². The fraction of sp³-hybridized carbons (Fsp3) is 1.00. The van der Waals surface area contributed by atoms with Crippen LogP contribution in [0.5, 0.6) is 0 Å². The molecule has 1 unspecified atom stereocenters. The van der Waals surface area contributed by atoms with E-state index in [0.29, 0.717) is 6.42 Å². The highest BCUT2D eigenvalue weighted by Gasteiger charge is 2.45. The maximum absolute atomic E-state index is 12.6. The molecule has 0 aliphatic heterocycles. The number of hydrogen-bond donors (Lipinski definition) is 0. The van der Waals surface area contributed by atoms with E-state index in [0.717, 1.165) is 12.8 Å². The summed E-state index contributed by atoms with van der Waals surface area (Å²) in [6, 6.07) is 0. The second-order valence-electron chi connectivity index (χ2n) is 3.37. The Bertz CT molecular complexity index is 134. The maximum Gasteiger partial charge on any atom is 0.309 e. The highest BCUT2D eigenvalue weighted by molar-refractivity contribution is 4.76. The molecule has 1 atom stereocenters. The normalized spacial score (nSPS) is 15.0. The number of alkyl halides is 4. The molecule has 0 aromatic carbocycles. The first-order valence-corrected chi connectivity index (χ1v) is 4.58. The molecule has 0 aromatic heterocycles. The quantitative estimate of drug-likeness (QED) is 0.447. The summed E-state index contributed by atoms with van der Waals surface area (Å²) in [4.78, 5) is 0. The van der Waals surface area contributed by atoms with Crippen molar-refractivity contribution in [1.29, 1.82) is 0 Å². The van der Waals surface area contributed by atoms with E-state index >= 15 is 0 Å². The Balaban J connectivity index is 3.87. The third kappa shape index (κ3) is 3.96. The maximum atomic E-state index is 12.6. The first kappa shape index (κ1) is 12.7. The van der Waals surface area contributed by atoms with Gasteiger partial charge in [0.25, 0.3) is 0 Å². The van der Waals surface area contributed by atoms with Crippen LogP contribution < -0.4 is 0 Å². The Kier molecular flexibility index (Phi) is 5.33. The number of halogens is 4. The Morgan fingerprint density at radius 3 is 2.08 bits per heavy atom. The van der Waals surface area contributed by atoms with Gasteiger partial charge in [0, 0.05) is 5.92 Å². The van der Waals surface area contributed by atoms with Crippen LogP contribution in [0.4, 0.5) is 17.6 Å². The molecule has 0 nitrogen and oxygen atoms in total. The third-order valence-electron chi connectivity index (χ3n) is 2.19. The van der Waals surface area contributed by atoms with Crippen LogP contribution in [0.3, 0.4) is 0 Å². The zero-order valence-corrected chi connectivity index (χ0v) is 7.99. The van der Waals surface area contributed by atoms with E-state index < -0.39 is 18.3 Å². The van der Waals surface area contributed by atoms with Gasteiger partial charge in [0.2, 0.25) is 0 Å². The monoisotopic (exact) mass is 200 g/mol. The van der Waals surface area contributed by atoms with Gasteiger partial charge in [0.05, 0.1) is 0 Å². The van der Waals surface area contributed by atoms with Crippen molar-refractivity contribution in [2.24, 2.45) is 5.92 Å². The molecule has 0 bridgehead atoms. The van der Waals surface area contributed by atoms with Crippen molar-refractivity contribution < 1.29 is 17.6 Å². The van der Waals surface area contributed by atoms with E-state index in [4.69, 9.17) is 0 Å². The van der Waals surface area contributed by atoms with Gasteiger partial charge >= 0.3 is 12.3 Å². The Morgan fingerprint density at radius 2 is 1.69 bits per heavy atom. The van der Waals surface area contributed by atoms with Crippen molar-refractivity contribution in [3.8, 4) is 0 Å². The van der Waals surface area contributed by atoms with Crippen LogP contribution in [0.15, 0.2) is 0 Å². The van der Waals surface area contributed by atoms with Crippen molar-refractivity contribution in [2.45, 2.75) is 51.9 Å². The van der Waals surface area contributed by atoms with Crippen LogP contribution in [0, 0.1) is 5.92 Å². The fourth-order valence-corrected chi connectivity index (χ4v) is 1.11. The van der Waals surface area contributed by atoms with Crippen LogP contribution in [0.2, 0.25) is 0 Å². The first-order chi connectivity index (χ1) is 5.92. The van der Waals surface area contributed by atoms with Gasteiger partial charge < -0.3 is 0 Å². The van der Waals surface area contributed by atoms with Gasteiger partial charge in [0.15, 0.2) is 0 Å². The fourth-order valence-electron chi connectivity index (χ4n) is 1.11. The number of unbranched alkanes of at least 4 members (excludes halogenated alkanes) is 2. The summed E-state index contributed by atoms with van der Waals surface area (Å²) < 4.78 is 48.9. The van der Waals surface area contributed by atoms with Crippen molar-refractivity contribution in [3.05, 3.63) is 0 Å². The second-order valence-corrected chi connectivity index (χ2v) is 3.37. The van der Waals surface area contributed by atoms with Crippen molar-refractivity contribution >= 4 is 0 Å². The van der Waals surface area contributed by atoms with Crippen LogP contribution >= 0.6 is 0 Å². The zero-order valence-electron chi connectivity index (χ0n) is 7.99. The topological polar surface area (TPSA) is 0 Å².